The molecule has 0 radical (unpaired) electrons. The van der Waals surface area contributed by atoms with Gasteiger partial charge in [-0.2, -0.15) is 0 Å². The molecule has 0 atom stereocenters. The van der Waals surface area contributed by atoms with Crippen molar-refractivity contribution in [3.05, 3.63) is 53.6 Å². The van der Waals surface area contributed by atoms with Crippen LogP contribution in [0.3, 0.4) is 0 Å². The summed E-state index contributed by atoms with van der Waals surface area (Å²) in [4.78, 5) is 0. The number of ether oxygens (including phenoxy) is 1. The quantitative estimate of drug-likeness (QED) is 0.377. The molecule has 0 saturated heterocycles. The first-order chi connectivity index (χ1) is 14.1. The number of rotatable bonds is 9. The van der Waals surface area contributed by atoms with Crippen molar-refractivity contribution in [1.29, 1.82) is 0 Å². The Morgan fingerprint density at radius 3 is 2.37 bits per heavy atom. The molecule has 3 heteroatoms. The van der Waals surface area contributed by atoms with Gasteiger partial charge in [-0.25, -0.2) is 0 Å². The third-order valence-corrected chi connectivity index (χ3v) is 6.22. The summed E-state index contributed by atoms with van der Waals surface area (Å²) in [6, 6.07) is 14.7. The fourth-order valence-corrected chi connectivity index (χ4v) is 3.54. The van der Waals surface area contributed by atoms with Crippen LogP contribution in [0.4, 0.5) is 0 Å². The van der Waals surface area contributed by atoms with Crippen LogP contribution in [0.2, 0.25) is 0 Å². The highest BCUT2D eigenvalue weighted by Crippen LogP contribution is 2.35. The van der Waals surface area contributed by atoms with Gasteiger partial charge in [-0.15, -0.1) is 0 Å². The minimum atomic E-state index is -0.967. The van der Waals surface area contributed by atoms with Gasteiger partial charge in [0.05, 0.1) is 5.60 Å². The van der Waals surface area contributed by atoms with E-state index in [-0.39, 0.29) is 0 Å². The summed E-state index contributed by atoms with van der Waals surface area (Å²) >= 11 is 0. The van der Waals surface area contributed by atoms with Crippen LogP contribution < -0.4 is 4.74 Å². The van der Waals surface area contributed by atoms with Gasteiger partial charge < -0.3 is 14.3 Å². The van der Waals surface area contributed by atoms with Gasteiger partial charge in [0.15, 0.2) is 0 Å². The minimum absolute atomic E-state index is 0.692. The molecule has 0 spiro atoms. The minimum Gasteiger partial charge on any atom is -0.485 e. The van der Waals surface area contributed by atoms with E-state index in [4.69, 9.17) is 9.15 Å². The summed E-state index contributed by atoms with van der Waals surface area (Å²) < 4.78 is 12.3. The molecule has 2 aromatic carbocycles. The Balaban J connectivity index is 1.88. The molecule has 0 saturated carbocycles. The van der Waals surface area contributed by atoms with E-state index in [2.05, 4.69) is 38.1 Å². The first-order valence-electron chi connectivity index (χ1n) is 11.2. The van der Waals surface area contributed by atoms with Crippen molar-refractivity contribution >= 4 is 11.0 Å². The topological polar surface area (TPSA) is 42.6 Å². The zero-order chi connectivity index (χ0) is 21.9. The van der Waals surface area contributed by atoms with Crippen LogP contribution in [0.15, 0.2) is 46.9 Å². The Kier molecular flexibility index (Phi) is 6.62. The van der Waals surface area contributed by atoms with Crippen LogP contribution in [0, 0.1) is 0 Å². The Hall–Kier alpha value is -2.26. The predicted octanol–water partition coefficient (Wildman–Crippen LogP) is 7.32. The fraction of sp³-hybridized carbons (Fsp3) is 0.481. The maximum absolute atomic E-state index is 10.4. The number of fused-ring (bicyclic) bond motifs is 1. The maximum atomic E-state index is 10.4. The Labute approximate surface area is 181 Å². The third kappa shape index (κ3) is 4.89. The van der Waals surface area contributed by atoms with Crippen molar-refractivity contribution in [1.82, 2.24) is 0 Å². The molecule has 0 aliphatic rings. The van der Waals surface area contributed by atoms with E-state index in [0.29, 0.717) is 5.75 Å². The average molecular weight is 409 g/mol. The monoisotopic (exact) mass is 408 g/mol. The van der Waals surface area contributed by atoms with Crippen LogP contribution >= 0.6 is 0 Å². The number of hydrogen-bond acceptors (Lipinski definition) is 3. The molecular formula is C27H36O3. The Morgan fingerprint density at radius 2 is 1.70 bits per heavy atom. The molecule has 0 amide bonds. The average Bonchev–Trinajstić information content (AvgIpc) is 3.10. The number of aliphatic hydroxyl groups is 1. The fourth-order valence-electron chi connectivity index (χ4n) is 3.54. The molecule has 162 valence electrons. The van der Waals surface area contributed by atoms with Gasteiger partial charge in [0.2, 0.25) is 0 Å². The lowest BCUT2D eigenvalue weighted by Crippen LogP contribution is -2.49. The zero-order valence-electron chi connectivity index (χ0n) is 19.3. The number of unbranched alkanes of at least 4 members (excludes halogenated alkanes) is 2. The van der Waals surface area contributed by atoms with Gasteiger partial charge in [-0.05, 0) is 76.3 Å². The summed E-state index contributed by atoms with van der Waals surface area (Å²) in [6.07, 6.45) is 5.88. The van der Waals surface area contributed by atoms with Crippen LogP contribution in [0.25, 0.3) is 22.3 Å². The molecular weight excluding hydrogens is 372 g/mol. The van der Waals surface area contributed by atoms with E-state index in [0.717, 1.165) is 35.1 Å². The zero-order valence-corrected chi connectivity index (χ0v) is 19.3. The number of hydrogen-bond donors (Lipinski definition) is 1. The lowest BCUT2D eigenvalue weighted by Gasteiger charge is -2.37. The Bertz CT molecular complexity index is 989. The maximum Gasteiger partial charge on any atom is 0.138 e. The lowest BCUT2D eigenvalue weighted by atomic mass is 9.89. The van der Waals surface area contributed by atoms with E-state index >= 15 is 0 Å². The van der Waals surface area contributed by atoms with Crippen LogP contribution in [-0.2, 0) is 12.8 Å². The molecule has 0 unspecified atom stereocenters. The van der Waals surface area contributed by atoms with Crippen molar-refractivity contribution in [3.8, 4) is 17.1 Å². The highest BCUT2D eigenvalue weighted by molar-refractivity contribution is 5.84. The Morgan fingerprint density at radius 1 is 0.933 bits per heavy atom. The molecule has 0 bridgehead atoms. The normalized spacial score (nSPS) is 12.5. The predicted molar refractivity (Wildman–Crippen MR) is 125 cm³/mol. The van der Waals surface area contributed by atoms with Crippen molar-refractivity contribution < 1.29 is 14.3 Å². The van der Waals surface area contributed by atoms with E-state index in [9.17, 15) is 5.11 Å². The molecule has 0 aliphatic heterocycles. The van der Waals surface area contributed by atoms with Crippen LogP contribution in [0.5, 0.6) is 5.75 Å². The number of furan rings is 1. The molecule has 3 nitrogen and oxygen atoms in total. The van der Waals surface area contributed by atoms with Gasteiger partial charge in [0.1, 0.15) is 22.7 Å². The lowest BCUT2D eigenvalue weighted by molar-refractivity contribution is -0.0906. The van der Waals surface area contributed by atoms with Gasteiger partial charge in [0, 0.05) is 17.0 Å². The molecule has 0 aliphatic carbocycles. The number of benzene rings is 2. The SMILES string of the molecule is CCCCCc1ccc(-c2cc3ccc(OC(C)(C)C(C)(C)O)cc3o2)c(CC)c1. The molecule has 3 aromatic rings. The highest BCUT2D eigenvalue weighted by atomic mass is 16.5. The van der Waals surface area contributed by atoms with Crippen molar-refractivity contribution in [2.24, 2.45) is 0 Å². The number of aryl methyl sites for hydroxylation is 2. The van der Waals surface area contributed by atoms with Crippen molar-refractivity contribution in [3.63, 3.8) is 0 Å². The van der Waals surface area contributed by atoms with Crippen molar-refractivity contribution in [2.45, 2.75) is 84.8 Å². The summed E-state index contributed by atoms with van der Waals surface area (Å²) in [7, 11) is 0. The second-order valence-corrected chi connectivity index (χ2v) is 9.28. The molecule has 1 aromatic heterocycles. The summed E-state index contributed by atoms with van der Waals surface area (Å²) in [5.41, 5.74) is 2.99. The second-order valence-electron chi connectivity index (χ2n) is 9.28. The smallest absolute Gasteiger partial charge is 0.138 e. The van der Waals surface area contributed by atoms with Crippen LogP contribution in [-0.4, -0.2) is 16.3 Å². The van der Waals surface area contributed by atoms with Gasteiger partial charge >= 0.3 is 0 Å². The molecule has 30 heavy (non-hydrogen) atoms. The summed E-state index contributed by atoms with van der Waals surface area (Å²) in [5, 5.41) is 11.4. The standard InChI is InChI=1S/C27H36O3/c1-7-9-10-11-19-12-15-23(20(8-2)16-19)25-17-21-13-14-22(18-24(21)29-25)30-27(5,6)26(3,4)28/h12-18,28H,7-11H2,1-6H3. The van der Waals surface area contributed by atoms with Gasteiger partial charge in [-0.1, -0.05) is 44.9 Å². The third-order valence-electron chi connectivity index (χ3n) is 6.22. The van der Waals surface area contributed by atoms with Gasteiger partial charge in [0.25, 0.3) is 0 Å². The van der Waals surface area contributed by atoms with E-state index in [1.807, 2.05) is 32.0 Å². The van der Waals surface area contributed by atoms with Crippen molar-refractivity contribution in [2.75, 3.05) is 0 Å². The van der Waals surface area contributed by atoms with Gasteiger partial charge in [-0.3, -0.25) is 0 Å². The molecule has 3 rings (SSSR count). The summed E-state index contributed by atoms with van der Waals surface area (Å²) in [6.45, 7) is 11.7. The summed E-state index contributed by atoms with van der Waals surface area (Å²) in [5.74, 6) is 1.58. The first kappa shape index (κ1) is 22.4. The largest absolute Gasteiger partial charge is 0.485 e. The van der Waals surface area contributed by atoms with E-state index in [1.165, 1.54) is 30.4 Å². The highest BCUT2D eigenvalue weighted by Gasteiger charge is 2.37. The molecule has 0 fully saturated rings. The molecule has 1 N–H and O–H groups in total. The first-order valence-corrected chi connectivity index (χ1v) is 11.2. The molecule has 1 heterocycles. The van der Waals surface area contributed by atoms with E-state index in [1.54, 1.807) is 13.8 Å². The van der Waals surface area contributed by atoms with E-state index < -0.39 is 11.2 Å². The van der Waals surface area contributed by atoms with Crippen LogP contribution in [0.1, 0.15) is 71.9 Å². The second kappa shape index (κ2) is 8.85.